The molecule has 31 heavy (non-hydrogen) atoms. The Kier molecular flexibility index (Phi) is 6.64. The lowest BCUT2D eigenvalue weighted by molar-refractivity contribution is -0.130. The molecule has 0 aliphatic heterocycles. The first-order valence-electron chi connectivity index (χ1n) is 10.9. The average Bonchev–Trinajstić information content (AvgIpc) is 2.73. The number of rotatable bonds is 5. The Bertz CT molecular complexity index is 951. The minimum atomic E-state index is -0.468. The summed E-state index contributed by atoms with van der Waals surface area (Å²) in [6.45, 7) is 10.3. The SMILES string of the molecule is CC(C)(C)C(=O)NCC(C)(C)C1C(=O)CC=CC1=C(c1ccccc1)c1ccccc1. The molecule has 2 aromatic carbocycles. The molecule has 1 aliphatic carbocycles. The van der Waals surface area contributed by atoms with Crippen LogP contribution in [-0.2, 0) is 9.59 Å². The smallest absolute Gasteiger partial charge is 0.225 e. The molecule has 162 valence electrons. The molecule has 1 atom stereocenters. The Balaban J connectivity index is 2.11. The second-order valence-electron chi connectivity index (χ2n) is 9.99. The summed E-state index contributed by atoms with van der Waals surface area (Å²) >= 11 is 0. The fraction of sp³-hybridized carbons (Fsp3) is 0.357. The van der Waals surface area contributed by atoms with E-state index in [2.05, 4.69) is 49.5 Å². The minimum absolute atomic E-state index is 0.00347. The van der Waals surface area contributed by atoms with Crippen LogP contribution in [0.15, 0.2) is 78.4 Å². The van der Waals surface area contributed by atoms with Gasteiger partial charge in [-0.25, -0.2) is 0 Å². The Morgan fingerprint density at radius 3 is 1.90 bits per heavy atom. The van der Waals surface area contributed by atoms with E-state index < -0.39 is 10.8 Å². The van der Waals surface area contributed by atoms with E-state index in [1.54, 1.807) is 0 Å². The lowest BCUT2D eigenvalue weighted by Gasteiger charge is -2.38. The molecule has 0 saturated heterocycles. The van der Waals surface area contributed by atoms with Crippen LogP contribution >= 0.6 is 0 Å². The third kappa shape index (κ3) is 5.22. The molecule has 3 heteroatoms. The summed E-state index contributed by atoms with van der Waals surface area (Å²) < 4.78 is 0. The fourth-order valence-corrected chi connectivity index (χ4v) is 4.16. The number of carbonyl (C=O) groups excluding carboxylic acids is 2. The fourth-order valence-electron chi connectivity index (χ4n) is 4.16. The standard InChI is InChI=1S/C28H33NO2/c1-27(2,3)26(31)29-19-28(4,5)25-22(17-12-18-23(25)30)24(20-13-8-6-9-14-20)21-15-10-7-11-16-21/h6-17,25H,18-19H2,1-5H3,(H,29,31). The van der Waals surface area contributed by atoms with Crippen LogP contribution in [0.2, 0.25) is 0 Å². The third-order valence-electron chi connectivity index (χ3n) is 5.83. The summed E-state index contributed by atoms with van der Waals surface area (Å²) in [7, 11) is 0. The van der Waals surface area contributed by atoms with Gasteiger partial charge < -0.3 is 5.32 Å². The maximum absolute atomic E-state index is 13.3. The highest BCUT2D eigenvalue weighted by Gasteiger charge is 2.40. The molecule has 0 heterocycles. The molecule has 0 spiro atoms. The normalized spacial score (nSPS) is 16.9. The Morgan fingerprint density at radius 2 is 1.42 bits per heavy atom. The zero-order valence-corrected chi connectivity index (χ0v) is 19.2. The van der Waals surface area contributed by atoms with Gasteiger partial charge in [0.25, 0.3) is 0 Å². The van der Waals surface area contributed by atoms with Crippen molar-refractivity contribution >= 4 is 17.3 Å². The van der Waals surface area contributed by atoms with E-state index in [1.807, 2.05) is 63.2 Å². The summed E-state index contributed by atoms with van der Waals surface area (Å²) in [6, 6.07) is 20.5. The van der Waals surface area contributed by atoms with Crippen molar-refractivity contribution in [3.8, 4) is 0 Å². The van der Waals surface area contributed by atoms with E-state index in [0.29, 0.717) is 13.0 Å². The van der Waals surface area contributed by atoms with Crippen molar-refractivity contribution in [3.05, 3.63) is 89.5 Å². The lowest BCUT2D eigenvalue weighted by atomic mass is 9.67. The molecular formula is C28H33NO2. The van der Waals surface area contributed by atoms with Crippen molar-refractivity contribution in [2.75, 3.05) is 6.54 Å². The summed E-state index contributed by atoms with van der Waals surface area (Å²) in [5.74, 6) is -0.124. The number of carbonyl (C=O) groups is 2. The largest absolute Gasteiger partial charge is 0.355 e. The predicted molar refractivity (Wildman–Crippen MR) is 127 cm³/mol. The lowest BCUT2D eigenvalue weighted by Crippen LogP contribution is -2.45. The van der Waals surface area contributed by atoms with Gasteiger partial charge in [-0.3, -0.25) is 9.59 Å². The van der Waals surface area contributed by atoms with Gasteiger partial charge in [-0.05, 0) is 27.7 Å². The van der Waals surface area contributed by atoms with Gasteiger partial charge in [0.15, 0.2) is 0 Å². The maximum Gasteiger partial charge on any atom is 0.225 e. The molecule has 1 unspecified atom stereocenters. The summed E-state index contributed by atoms with van der Waals surface area (Å²) in [5, 5.41) is 3.08. The first-order valence-corrected chi connectivity index (χ1v) is 10.9. The molecular weight excluding hydrogens is 382 g/mol. The second-order valence-corrected chi connectivity index (χ2v) is 9.99. The van der Waals surface area contributed by atoms with Crippen LogP contribution in [0.4, 0.5) is 0 Å². The number of hydrogen-bond donors (Lipinski definition) is 1. The van der Waals surface area contributed by atoms with Crippen molar-refractivity contribution < 1.29 is 9.59 Å². The first kappa shape index (κ1) is 22.7. The van der Waals surface area contributed by atoms with Crippen LogP contribution in [0, 0.1) is 16.7 Å². The van der Waals surface area contributed by atoms with E-state index in [1.165, 1.54) is 0 Å². The zero-order chi connectivity index (χ0) is 22.6. The van der Waals surface area contributed by atoms with Crippen LogP contribution in [-0.4, -0.2) is 18.2 Å². The van der Waals surface area contributed by atoms with Crippen molar-refractivity contribution in [1.29, 1.82) is 0 Å². The number of amides is 1. The van der Waals surface area contributed by atoms with E-state index >= 15 is 0 Å². The molecule has 0 fully saturated rings. The highest BCUT2D eigenvalue weighted by molar-refractivity contribution is 5.95. The average molecular weight is 416 g/mol. The van der Waals surface area contributed by atoms with Gasteiger partial charge in [0.2, 0.25) is 5.91 Å². The number of benzene rings is 2. The molecule has 1 N–H and O–H groups in total. The number of ketones is 1. The molecule has 1 amide bonds. The van der Waals surface area contributed by atoms with Gasteiger partial charge in [-0.1, -0.05) is 107 Å². The number of hydrogen-bond acceptors (Lipinski definition) is 2. The maximum atomic E-state index is 13.3. The zero-order valence-electron chi connectivity index (χ0n) is 19.2. The van der Waals surface area contributed by atoms with E-state index in [9.17, 15) is 9.59 Å². The number of allylic oxidation sites excluding steroid dienone is 3. The summed E-state index contributed by atoms with van der Waals surface area (Å²) in [6.07, 6.45) is 4.49. The van der Waals surface area contributed by atoms with E-state index in [-0.39, 0.29) is 17.6 Å². The topological polar surface area (TPSA) is 46.2 Å². The van der Waals surface area contributed by atoms with Crippen LogP contribution in [0.3, 0.4) is 0 Å². The second kappa shape index (κ2) is 9.05. The van der Waals surface area contributed by atoms with Gasteiger partial charge >= 0.3 is 0 Å². The molecule has 0 aromatic heterocycles. The van der Waals surface area contributed by atoms with Crippen LogP contribution < -0.4 is 5.32 Å². The van der Waals surface area contributed by atoms with Crippen LogP contribution in [0.25, 0.3) is 5.57 Å². The molecule has 0 saturated carbocycles. The Morgan fingerprint density at radius 1 is 0.903 bits per heavy atom. The highest BCUT2D eigenvalue weighted by Crippen LogP contribution is 2.42. The molecule has 0 radical (unpaired) electrons. The monoisotopic (exact) mass is 415 g/mol. The predicted octanol–water partition coefficient (Wildman–Crippen LogP) is 5.82. The van der Waals surface area contributed by atoms with Crippen LogP contribution in [0.5, 0.6) is 0 Å². The number of Topliss-reactive ketones (excluding diaryl/α,β-unsaturated/α-hetero) is 1. The highest BCUT2D eigenvalue weighted by atomic mass is 16.2. The molecule has 2 aromatic rings. The van der Waals surface area contributed by atoms with Crippen molar-refractivity contribution in [2.24, 2.45) is 16.7 Å². The van der Waals surface area contributed by atoms with Crippen molar-refractivity contribution in [1.82, 2.24) is 5.32 Å². The Hall–Kier alpha value is -2.94. The van der Waals surface area contributed by atoms with Gasteiger partial charge in [-0.2, -0.15) is 0 Å². The van der Waals surface area contributed by atoms with Crippen LogP contribution in [0.1, 0.15) is 52.2 Å². The van der Waals surface area contributed by atoms with Gasteiger partial charge in [0.05, 0.1) is 5.92 Å². The number of nitrogens with one attached hydrogen (secondary N) is 1. The molecule has 0 bridgehead atoms. The Labute approximate surface area is 186 Å². The quantitative estimate of drug-likeness (QED) is 0.668. The van der Waals surface area contributed by atoms with Crippen molar-refractivity contribution in [3.63, 3.8) is 0 Å². The molecule has 3 nitrogen and oxygen atoms in total. The molecule has 1 aliphatic rings. The summed E-state index contributed by atoms with van der Waals surface area (Å²) in [5.41, 5.74) is 3.36. The van der Waals surface area contributed by atoms with Crippen molar-refractivity contribution in [2.45, 2.75) is 41.0 Å². The summed E-state index contributed by atoms with van der Waals surface area (Å²) in [4.78, 5) is 25.8. The third-order valence-corrected chi connectivity index (χ3v) is 5.83. The van der Waals surface area contributed by atoms with E-state index in [0.717, 1.165) is 22.3 Å². The first-order chi connectivity index (χ1) is 14.6. The minimum Gasteiger partial charge on any atom is -0.355 e. The van der Waals surface area contributed by atoms with Gasteiger partial charge in [-0.15, -0.1) is 0 Å². The van der Waals surface area contributed by atoms with E-state index in [4.69, 9.17) is 0 Å². The van der Waals surface area contributed by atoms with Gasteiger partial charge in [0, 0.05) is 18.4 Å². The molecule has 3 rings (SSSR count). The van der Waals surface area contributed by atoms with Gasteiger partial charge in [0.1, 0.15) is 5.78 Å².